The van der Waals surface area contributed by atoms with Gasteiger partial charge in [0.25, 0.3) is 5.91 Å². The molecule has 1 amide bonds. The minimum Gasteiger partial charge on any atom is -0.394 e. The number of oxime groups is 1. The first kappa shape index (κ1) is 31.7. The maximum absolute atomic E-state index is 12.9. The number of nitrogens with zero attached hydrogens (tertiary/aromatic N) is 5. The molecule has 4 rings (SSSR count). The van der Waals surface area contributed by atoms with E-state index in [1.807, 2.05) is 34.6 Å². The first-order valence-corrected chi connectivity index (χ1v) is 14.9. The lowest BCUT2D eigenvalue weighted by Gasteiger charge is -2.36. The minimum atomic E-state index is -1.76. The SMILES string of the molecule is CC/C=N/OP(OC1C(c2cnn3c(=O)[nH]c(NC(=O)c4ccccc4)nc23)OC(CO)C1OC)N(C(C)C)C(C)C. The summed E-state index contributed by atoms with van der Waals surface area (Å²) in [6, 6.07) is 8.66. The Morgan fingerprint density at radius 1 is 1.26 bits per heavy atom. The lowest BCUT2D eigenvalue weighted by Crippen LogP contribution is -2.39. The van der Waals surface area contributed by atoms with Gasteiger partial charge < -0.3 is 23.7 Å². The fraction of sp³-hybridized carbons (Fsp3) is 0.519. The van der Waals surface area contributed by atoms with Crippen LogP contribution in [-0.4, -0.2) is 85.6 Å². The molecule has 5 atom stereocenters. The number of hydrogen-bond acceptors (Lipinski definition) is 11. The van der Waals surface area contributed by atoms with Crippen LogP contribution >= 0.6 is 8.53 Å². The number of benzene rings is 1. The number of aliphatic hydroxyl groups is 1. The number of aliphatic hydroxyl groups excluding tert-OH is 1. The van der Waals surface area contributed by atoms with E-state index in [9.17, 15) is 14.7 Å². The summed E-state index contributed by atoms with van der Waals surface area (Å²) in [6.45, 7) is 9.74. The zero-order valence-electron chi connectivity index (χ0n) is 24.5. The Bertz CT molecular complexity index is 1410. The van der Waals surface area contributed by atoms with Gasteiger partial charge in [0.2, 0.25) is 5.95 Å². The molecule has 0 spiro atoms. The molecule has 3 aromatic rings. The molecule has 14 nitrogen and oxygen atoms in total. The van der Waals surface area contributed by atoms with Crippen LogP contribution in [0.15, 0.2) is 46.5 Å². The highest BCUT2D eigenvalue weighted by molar-refractivity contribution is 7.44. The van der Waals surface area contributed by atoms with Crippen LogP contribution in [0.5, 0.6) is 0 Å². The van der Waals surface area contributed by atoms with Gasteiger partial charge in [0, 0.05) is 36.5 Å². The van der Waals surface area contributed by atoms with Crippen molar-refractivity contribution >= 4 is 32.2 Å². The lowest BCUT2D eigenvalue weighted by atomic mass is 10.0. The zero-order valence-corrected chi connectivity index (χ0v) is 25.4. The highest BCUT2D eigenvalue weighted by Gasteiger charge is 2.50. The molecule has 0 aliphatic carbocycles. The van der Waals surface area contributed by atoms with Crippen LogP contribution in [0.1, 0.15) is 63.1 Å². The van der Waals surface area contributed by atoms with Crippen LogP contribution in [0.4, 0.5) is 5.95 Å². The van der Waals surface area contributed by atoms with Crippen molar-refractivity contribution < 1.29 is 28.5 Å². The third-order valence-corrected chi connectivity index (χ3v) is 8.53. The zero-order chi connectivity index (χ0) is 30.4. The van der Waals surface area contributed by atoms with Crippen molar-refractivity contribution in [1.82, 2.24) is 24.3 Å². The number of ether oxygens (including phenoxy) is 2. The van der Waals surface area contributed by atoms with E-state index in [0.717, 1.165) is 4.52 Å². The molecule has 42 heavy (non-hydrogen) atoms. The number of H-pyrrole nitrogens is 1. The van der Waals surface area contributed by atoms with Crippen LogP contribution in [0, 0.1) is 0 Å². The number of carbonyl (C=O) groups excluding carboxylic acids is 1. The Kier molecular flexibility index (Phi) is 10.8. The second-order valence-electron chi connectivity index (χ2n) is 10.2. The minimum absolute atomic E-state index is 0.0522. The standard InChI is InChI=1S/C27H38N7O7P/c1-7-13-29-41-42(34(16(2)3)17(4)5)40-23-21(39-20(15-35)22(23)38-6)19-14-28-33-24(19)30-26(32-27(33)37)31-25(36)18-11-9-8-10-12-18/h8-14,16-17,20-23,35H,7,15H2,1-6H3,(H2,30,31,32,36,37)/b29-13+. The molecule has 0 radical (unpaired) electrons. The Morgan fingerprint density at radius 3 is 2.60 bits per heavy atom. The van der Waals surface area contributed by atoms with E-state index in [4.69, 9.17) is 18.6 Å². The van der Waals surface area contributed by atoms with Crippen LogP contribution < -0.4 is 11.0 Å². The van der Waals surface area contributed by atoms with Gasteiger partial charge >= 0.3 is 14.2 Å². The van der Waals surface area contributed by atoms with Crippen LogP contribution in [0.2, 0.25) is 0 Å². The highest BCUT2D eigenvalue weighted by Crippen LogP contribution is 2.52. The van der Waals surface area contributed by atoms with Crippen molar-refractivity contribution in [3.8, 4) is 0 Å². The highest BCUT2D eigenvalue weighted by atomic mass is 31.2. The predicted octanol–water partition coefficient (Wildman–Crippen LogP) is 3.26. The van der Waals surface area contributed by atoms with E-state index in [0.29, 0.717) is 17.5 Å². The third-order valence-electron chi connectivity index (χ3n) is 6.58. The summed E-state index contributed by atoms with van der Waals surface area (Å²) in [4.78, 5) is 32.7. The summed E-state index contributed by atoms with van der Waals surface area (Å²) in [5.41, 5.74) is 0.339. The number of aromatic amines is 1. The summed E-state index contributed by atoms with van der Waals surface area (Å²) < 4.78 is 27.6. The number of methoxy groups -OCH3 is 1. The van der Waals surface area contributed by atoms with E-state index in [2.05, 4.69) is 30.2 Å². The van der Waals surface area contributed by atoms with Crippen LogP contribution in [0.25, 0.3) is 5.65 Å². The van der Waals surface area contributed by atoms with Gasteiger partial charge in [0.1, 0.15) is 24.4 Å². The first-order valence-electron chi connectivity index (χ1n) is 13.8. The molecule has 1 aliphatic heterocycles. The average molecular weight is 604 g/mol. The second-order valence-corrected chi connectivity index (χ2v) is 11.5. The van der Waals surface area contributed by atoms with E-state index in [-0.39, 0.29) is 30.3 Å². The molecule has 15 heteroatoms. The van der Waals surface area contributed by atoms with E-state index < -0.39 is 44.5 Å². The fourth-order valence-corrected chi connectivity index (χ4v) is 6.37. The Balaban J connectivity index is 1.73. The molecule has 0 saturated carbocycles. The normalized spacial score (nSPS) is 21.7. The predicted molar refractivity (Wildman–Crippen MR) is 157 cm³/mol. The van der Waals surface area contributed by atoms with E-state index in [1.165, 1.54) is 13.3 Å². The van der Waals surface area contributed by atoms with Crippen molar-refractivity contribution in [3.63, 3.8) is 0 Å². The third kappa shape index (κ3) is 6.86. The smallest absolute Gasteiger partial charge is 0.350 e. The van der Waals surface area contributed by atoms with Gasteiger partial charge in [0.05, 0.1) is 12.8 Å². The Morgan fingerprint density at radius 2 is 1.98 bits per heavy atom. The van der Waals surface area contributed by atoms with Gasteiger partial charge in [-0.3, -0.25) is 15.1 Å². The fourth-order valence-electron chi connectivity index (χ4n) is 4.80. The molecule has 0 bridgehead atoms. The van der Waals surface area contributed by atoms with Gasteiger partial charge in [-0.15, -0.1) is 0 Å². The first-order chi connectivity index (χ1) is 20.2. The van der Waals surface area contributed by atoms with Crippen molar-refractivity contribution in [2.75, 3.05) is 19.0 Å². The molecule has 1 aromatic carbocycles. The average Bonchev–Trinajstić information content (AvgIpc) is 3.54. The van der Waals surface area contributed by atoms with Crippen molar-refractivity contribution in [2.24, 2.45) is 5.16 Å². The van der Waals surface area contributed by atoms with Crippen molar-refractivity contribution in [1.29, 1.82) is 0 Å². The molecule has 2 aromatic heterocycles. The van der Waals surface area contributed by atoms with Crippen LogP contribution in [-0.2, 0) is 18.6 Å². The summed E-state index contributed by atoms with van der Waals surface area (Å²) in [6.07, 6.45) is 0.682. The van der Waals surface area contributed by atoms with Crippen molar-refractivity contribution in [2.45, 2.75) is 77.5 Å². The molecular weight excluding hydrogens is 565 g/mol. The summed E-state index contributed by atoms with van der Waals surface area (Å²) in [5.74, 6) is -0.508. The largest absolute Gasteiger partial charge is 0.394 e. The molecule has 1 aliphatic rings. The Labute approximate surface area is 245 Å². The van der Waals surface area contributed by atoms with Gasteiger partial charge in [-0.25, -0.2) is 9.46 Å². The van der Waals surface area contributed by atoms with Gasteiger partial charge in [-0.05, 0) is 46.2 Å². The van der Waals surface area contributed by atoms with Crippen LogP contribution in [0.3, 0.4) is 0 Å². The molecule has 3 N–H and O–H groups in total. The number of nitrogens with one attached hydrogen (secondary N) is 2. The number of amides is 1. The van der Waals surface area contributed by atoms with E-state index in [1.54, 1.807) is 36.5 Å². The van der Waals surface area contributed by atoms with Crippen molar-refractivity contribution in [3.05, 3.63) is 58.1 Å². The van der Waals surface area contributed by atoms with Gasteiger partial charge in [-0.1, -0.05) is 30.3 Å². The lowest BCUT2D eigenvalue weighted by molar-refractivity contribution is -0.0358. The molecule has 1 fully saturated rings. The molecular formula is C27H38N7O7P. The quantitative estimate of drug-likeness (QED) is 0.150. The van der Waals surface area contributed by atoms with Gasteiger partial charge in [-0.2, -0.15) is 14.6 Å². The maximum Gasteiger partial charge on any atom is 0.350 e. The molecule has 3 heterocycles. The monoisotopic (exact) mass is 603 g/mol. The molecule has 5 unspecified atom stereocenters. The Hall–Kier alpha value is -3.26. The number of anilines is 1. The van der Waals surface area contributed by atoms with E-state index >= 15 is 0 Å². The molecule has 228 valence electrons. The number of hydrogen-bond donors (Lipinski definition) is 3. The van der Waals surface area contributed by atoms with Gasteiger partial charge in [0.15, 0.2) is 5.65 Å². The topological polar surface area (TPSA) is 165 Å². The maximum atomic E-state index is 12.9. The number of carbonyl (C=O) groups is 1. The summed E-state index contributed by atoms with van der Waals surface area (Å²) >= 11 is 0. The second kappa shape index (κ2) is 14.3. The number of rotatable bonds is 13. The molecule has 1 saturated heterocycles. The number of fused-ring (bicyclic) bond motifs is 1. The number of aromatic nitrogens is 4. The summed E-state index contributed by atoms with van der Waals surface area (Å²) in [7, 11) is -0.250. The summed E-state index contributed by atoms with van der Waals surface area (Å²) in [5, 5.41) is 21.1.